The fraction of sp³-hybridized carbons (Fsp3) is 0.250. The van der Waals surface area contributed by atoms with Crippen LogP contribution < -0.4 is 14.8 Å². The molecule has 0 fully saturated rings. The molecule has 3 atom stereocenters. The van der Waals surface area contributed by atoms with Crippen LogP contribution in [0.1, 0.15) is 58.7 Å². The van der Waals surface area contributed by atoms with Gasteiger partial charge in [-0.1, -0.05) is 71.8 Å². The van der Waals surface area contributed by atoms with Crippen LogP contribution in [0.3, 0.4) is 0 Å². The average molecular weight is 655 g/mol. The number of fused-ring (bicyclic) bond motifs is 3. The van der Waals surface area contributed by atoms with E-state index in [0.717, 1.165) is 38.3 Å². The Bertz CT molecular complexity index is 1590. The van der Waals surface area contributed by atoms with Gasteiger partial charge in [-0.05, 0) is 108 Å². The molecule has 1 aliphatic heterocycles. The number of aryl methyl sites for hydroxylation is 2. The second-order valence-corrected chi connectivity index (χ2v) is 12.1. The van der Waals surface area contributed by atoms with E-state index < -0.39 is 0 Å². The van der Waals surface area contributed by atoms with E-state index in [4.69, 9.17) is 14.5 Å². The molecule has 0 radical (unpaired) electrons. The van der Waals surface area contributed by atoms with Crippen LogP contribution in [-0.4, -0.2) is 12.8 Å². The monoisotopic (exact) mass is 654 g/mol. The van der Waals surface area contributed by atoms with E-state index in [0.29, 0.717) is 25.0 Å². The van der Waals surface area contributed by atoms with Crippen molar-refractivity contribution in [3.8, 4) is 11.5 Å². The van der Waals surface area contributed by atoms with Gasteiger partial charge in [-0.15, -0.1) is 0 Å². The van der Waals surface area contributed by atoms with E-state index in [1.165, 1.54) is 27.9 Å². The third kappa shape index (κ3) is 6.05. The SMILES string of the molecule is CCOc1cc(C=Nc2ccc([C@@H]3Nc4ccccc4[C@@H]4C=CC[C@@H]43)cc2)cc(I)c1OCc1cc(C)cc(C)c1. The van der Waals surface area contributed by atoms with Crippen molar-refractivity contribution in [2.75, 3.05) is 11.9 Å². The highest BCUT2D eigenvalue weighted by Crippen LogP contribution is 2.49. The minimum atomic E-state index is 0.287. The molecule has 208 valence electrons. The van der Waals surface area contributed by atoms with Crippen LogP contribution >= 0.6 is 22.6 Å². The molecule has 0 amide bonds. The standard InChI is InChI=1S/C36H35IN2O2/c1-4-40-34-20-25(19-32(37)36(34)41-22-26-17-23(2)16-24(3)18-26)21-38-28-14-12-27(13-15-28)35-31-10-7-9-29(31)30-8-5-6-11-33(30)39-35/h5-9,11-21,29,31,35,39H,4,10,22H2,1-3H3/t29-,31-,35-/m0/s1. The molecule has 0 unspecified atom stereocenters. The quantitative estimate of drug-likeness (QED) is 0.117. The highest BCUT2D eigenvalue weighted by molar-refractivity contribution is 14.1. The number of nitrogens with zero attached hydrogens (tertiary/aromatic N) is 1. The highest BCUT2D eigenvalue weighted by Gasteiger charge is 2.37. The van der Waals surface area contributed by atoms with Gasteiger partial charge < -0.3 is 14.8 Å². The molecule has 1 N–H and O–H groups in total. The number of ether oxygens (including phenoxy) is 2. The molecule has 0 spiro atoms. The largest absolute Gasteiger partial charge is 0.490 e. The van der Waals surface area contributed by atoms with Gasteiger partial charge in [0.05, 0.1) is 21.9 Å². The van der Waals surface area contributed by atoms with Crippen LogP contribution in [-0.2, 0) is 6.61 Å². The molecule has 4 nitrogen and oxygen atoms in total. The highest BCUT2D eigenvalue weighted by atomic mass is 127. The number of rotatable bonds is 8. The third-order valence-electron chi connectivity index (χ3n) is 7.88. The Morgan fingerprint density at radius 1 is 0.951 bits per heavy atom. The number of halogens is 1. The van der Waals surface area contributed by atoms with Crippen molar-refractivity contribution in [3.63, 3.8) is 0 Å². The minimum Gasteiger partial charge on any atom is -0.490 e. The van der Waals surface area contributed by atoms with Gasteiger partial charge in [0, 0.05) is 17.8 Å². The van der Waals surface area contributed by atoms with Gasteiger partial charge in [-0.2, -0.15) is 0 Å². The molecule has 5 heteroatoms. The smallest absolute Gasteiger partial charge is 0.175 e. The second-order valence-electron chi connectivity index (χ2n) is 11.0. The third-order valence-corrected chi connectivity index (χ3v) is 8.68. The van der Waals surface area contributed by atoms with Crippen molar-refractivity contribution in [3.05, 3.63) is 128 Å². The molecular formula is C36H35IN2O2. The van der Waals surface area contributed by atoms with Gasteiger partial charge in [-0.25, -0.2) is 0 Å². The van der Waals surface area contributed by atoms with Crippen molar-refractivity contribution in [2.45, 2.75) is 45.8 Å². The zero-order valence-electron chi connectivity index (χ0n) is 23.7. The molecule has 1 heterocycles. The fourth-order valence-electron chi connectivity index (χ4n) is 6.16. The maximum atomic E-state index is 6.27. The zero-order valence-corrected chi connectivity index (χ0v) is 25.9. The van der Waals surface area contributed by atoms with Gasteiger partial charge >= 0.3 is 0 Å². The number of para-hydroxylation sites is 1. The van der Waals surface area contributed by atoms with Crippen molar-refractivity contribution in [1.82, 2.24) is 0 Å². The van der Waals surface area contributed by atoms with Crippen LogP contribution in [0.5, 0.6) is 11.5 Å². The first-order chi connectivity index (χ1) is 20.0. The van der Waals surface area contributed by atoms with Crippen LogP contribution in [0.25, 0.3) is 0 Å². The lowest BCUT2D eigenvalue weighted by atomic mass is 9.77. The molecule has 0 bridgehead atoms. The molecule has 0 saturated heterocycles. The summed E-state index contributed by atoms with van der Waals surface area (Å²) in [6, 6.07) is 28.3. The zero-order chi connectivity index (χ0) is 28.3. The van der Waals surface area contributed by atoms with Crippen LogP contribution in [0.15, 0.2) is 96.0 Å². The topological polar surface area (TPSA) is 42.8 Å². The lowest BCUT2D eigenvalue weighted by Gasteiger charge is -2.37. The Kier molecular flexibility index (Phi) is 8.15. The van der Waals surface area contributed by atoms with E-state index in [2.05, 4.69) is 127 Å². The first-order valence-corrected chi connectivity index (χ1v) is 15.4. The summed E-state index contributed by atoms with van der Waals surface area (Å²) < 4.78 is 13.3. The van der Waals surface area contributed by atoms with E-state index in [1.54, 1.807) is 0 Å². The molecule has 4 aromatic carbocycles. The summed E-state index contributed by atoms with van der Waals surface area (Å²) in [5.41, 5.74) is 9.49. The lowest BCUT2D eigenvalue weighted by molar-refractivity contribution is 0.267. The summed E-state index contributed by atoms with van der Waals surface area (Å²) >= 11 is 2.32. The molecular weight excluding hydrogens is 619 g/mol. The summed E-state index contributed by atoms with van der Waals surface area (Å²) in [6.07, 6.45) is 7.72. The summed E-state index contributed by atoms with van der Waals surface area (Å²) in [7, 11) is 0. The minimum absolute atomic E-state index is 0.287. The molecule has 2 aliphatic rings. The van der Waals surface area contributed by atoms with Crippen molar-refractivity contribution in [1.29, 1.82) is 0 Å². The Hall–Kier alpha value is -3.58. The van der Waals surface area contributed by atoms with Crippen LogP contribution in [0.2, 0.25) is 0 Å². The van der Waals surface area contributed by atoms with Crippen LogP contribution in [0.4, 0.5) is 11.4 Å². The number of benzene rings is 4. The van der Waals surface area contributed by atoms with Gasteiger partial charge in [0.25, 0.3) is 0 Å². The maximum absolute atomic E-state index is 6.27. The molecule has 1 aliphatic carbocycles. The van der Waals surface area contributed by atoms with Gasteiger partial charge in [0.15, 0.2) is 11.5 Å². The Labute approximate surface area is 256 Å². The maximum Gasteiger partial charge on any atom is 0.175 e. The summed E-state index contributed by atoms with van der Waals surface area (Å²) in [5.74, 6) is 2.53. The summed E-state index contributed by atoms with van der Waals surface area (Å²) in [6.45, 7) is 7.28. The summed E-state index contributed by atoms with van der Waals surface area (Å²) in [5, 5.41) is 3.81. The number of hydrogen-bond donors (Lipinski definition) is 1. The first kappa shape index (κ1) is 27.6. The van der Waals surface area contributed by atoms with Gasteiger partial charge in [0.2, 0.25) is 0 Å². The molecule has 0 saturated carbocycles. The first-order valence-electron chi connectivity index (χ1n) is 14.3. The van der Waals surface area contributed by atoms with E-state index >= 15 is 0 Å². The van der Waals surface area contributed by atoms with Crippen molar-refractivity contribution >= 4 is 40.2 Å². The molecule has 6 rings (SSSR count). The Morgan fingerprint density at radius 2 is 1.73 bits per heavy atom. The number of anilines is 1. The molecule has 0 aromatic heterocycles. The lowest BCUT2D eigenvalue weighted by Crippen LogP contribution is -2.28. The number of aliphatic imine (C=N–C) groups is 1. The Balaban J connectivity index is 1.18. The van der Waals surface area contributed by atoms with Crippen LogP contribution in [0, 0.1) is 23.3 Å². The fourth-order valence-corrected chi connectivity index (χ4v) is 6.94. The average Bonchev–Trinajstić information content (AvgIpc) is 3.46. The second kappa shape index (κ2) is 12.1. The summed E-state index contributed by atoms with van der Waals surface area (Å²) in [4.78, 5) is 4.79. The predicted molar refractivity (Wildman–Crippen MR) is 177 cm³/mol. The number of allylic oxidation sites excluding steroid dienone is 2. The van der Waals surface area contributed by atoms with E-state index in [1.807, 2.05) is 19.2 Å². The van der Waals surface area contributed by atoms with Crippen molar-refractivity contribution in [2.24, 2.45) is 10.9 Å². The van der Waals surface area contributed by atoms with E-state index in [-0.39, 0.29) is 6.04 Å². The normalized spacial score (nSPS) is 19.1. The molecule has 41 heavy (non-hydrogen) atoms. The number of nitrogens with one attached hydrogen (secondary N) is 1. The predicted octanol–water partition coefficient (Wildman–Crippen LogP) is 9.46. The van der Waals surface area contributed by atoms with Gasteiger partial charge in [-0.3, -0.25) is 4.99 Å². The van der Waals surface area contributed by atoms with Gasteiger partial charge in [0.1, 0.15) is 6.61 Å². The Morgan fingerprint density at radius 3 is 2.51 bits per heavy atom. The number of hydrogen-bond acceptors (Lipinski definition) is 4. The van der Waals surface area contributed by atoms with E-state index in [9.17, 15) is 0 Å². The van der Waals surface area contributed by atoms with Crippen molar-refractivity contribution < 1.29 is 9.47 Å². The molecule has 4 aromatic rings.